The van der Waals surface area contributed by atoms with Crippen molar-refractivity contribution in [3.05, 3.63) is 29.6 Å². The summed E-state index contributed by atoms with van der Waals surface area (Å²) in [6.07, 6.45) is 0. The molecule has 1 rings (SSSR count). The van der Waals surface area contributed by atoms with E-state index in [2.05, 4.69) is 42.9 Å². The van der Waals surface area contributed by atoms with E-state index in [0.717, 1.165) is 11.3 Å². The van der Waals surface area contributed by atoms with Crippen LogP contribution in [0, 0.1) is 5.82 Å². The molecule has 0 aliphatic heterocycles. The summed E-state index contributed by atoms with van der Waals surface area (Å²) in [5.41, 5.74) is 0.863. The van der Waals surface area contributed by atoms with Crippen molar-refractivity contribution < 1.29 is 9.13 Å². The SMILES string of the molecule is C[Si](C)C(C)(C)COc1ccc(F)cc1CBr. The maximum absolute atomic E-state index is 13.1. The molecule has 0 atom stereocenters. The fourth-order valence-electron chi connectivity index (χ4n) is 1.20. The van der Waals surface area contributed by atoms with Crippen LogP contribution in [0.3, 0.4) is 0 Å². The molecule has 1 nitrogen and oxygen atoms in total. The zero-order chi connectivity index (χ0) is 13.1. The van der Waals surface area contributed by atoms with Crippen molar-refractivity contribution in [1.82, 2.24) is 0 Å². The molecule has 1 radical (unpaired) electrons. The second kappa shape index (κ2) is 6.00. The Kier molecular flexibility index (Phi) is 5.19. The molecule has 0 aliphatic rings. The van der Waals surface area contributed by atoms with E-state index in [1.807, 2.05) is 0 Å². The van der Waals surface area contributed by atoms with Crippen molar-refractivity contribution in [2.45, 2.75) is 37.3 Å². The molecule has 0 spiro atoms. The summed E-state index contributed by atoms with van der Waals surface area (Å²) in [5, 5.41) is 0.819. The Morgan fingerprint density at radius 2 is 2.00 bits per heavy atom. The number of benzene rings is 1. The van der Waals surface area contributed by atoms with Crippen LogP contribution in [0.15, 0.2) is 18.2 Å². The zero-order valence-corrected chi connectivity index (χ0v) is 13.4. The molecule has 0 saturated carbocycles. The number of hydrogen-bond donors (Lipinski definition) is 0. The first-order chi connectivity index (χ1) is 7.86. The van der Waals surface area contributed by atoms with Crippen molar-refractivity contribution in [2.75, 3.05) is 6.61 Å². The number of halogens is 2. The molecule has 0 amide bonds. The molecule has 0 saturated heterocycles. The minimum Gasteiger partial charge on any atom is -0.493 e. The van der Waals surface area contributed by atoms with Gasteiger partial charge in [0.25, 0.3) is 0 Å². The third-order valence-electron chi connectivity index (χ3n) is 3.11. The van der Waals surface area contributed by atoms with Gasteiger partial charge < -0.3 is 4.74 Å². The quantitative estimate of drug-likeness (QED) is 0.568. The van der Waals surface area contributed by atoms with Crippen LogP contribution in [0.5, 0.6) is 5.75 Å². The first-order valence-corrected chi connectivity index (χ1v) is 9.27. The van der Waals surface area contributed by atoms with Gasteiger partial charge in [-0.3, -0.25) is 0 Å². The predicted molar refractivity (Wildman–Crippen MR) is 76.0 cm³/mol. The van der Waals surface area contributed by atoms with Gasteiger partial charge in [0.05, 0.1) is 15.4 Å². The Bertz CT molecular complexity index is 380. The monoisotopic (exact) mass is 317 g/mol. The summed E-state index contributed by atoms with van der Waals surface area (Å²) >= 11 is 3.35. The zero-order valence-electron chi connectivity index (χ0n) is 10.8. The molecule has 4 heteroatoms. The lowest BCUT2D eigenvalue weighted by Crippen LogP contribution is -2.27. The van der Waals surface area contributed by atoms with E-state index in [9.17, 15) is 4.39 Å². The highest BCUT2D eigenvalue weighted by molar-refractivity contribution is 9.08. The number of rotatable bonds is 5. The summed E-state index contributed by atoms with van der Waals surface area (Å²) in [5.74, 6) is 0.557. The van der Waals surface area contributed by atoms with Crippen molar-refractivity contribution in [3.63, 3.8) is 0 Å². The lowest BCUT2D eigenvalue weighted by atomic mass is 10.2. The molecule has 0 heterocycles. The van der Waals surface area contributed by atoms with Gasteiger partial charge in [-0.15, -0.1) is 0 Å². The second-order valence-electron chi connectivity index (χ2n) is 5.06. The van der Waals surface area contributed by atoms with E-state index >= 15 is 0 Å². The van der Waals surface area contributed by atoms with Gasteiger partial charge in [0.2, 0.25) is 0 Å². The average molecular weight is 318 g/mol. The molecule has 0 aliphatic carbocycles. The summed E-state index contributed by atoms with van der Waals surface area (Å²) in [6, 6.07) is 4.67. The molecule has 0 unspecified atom stereocenters. The molecule has 0 N–H and O–H groups in total. The maximum atomic E-state index is 13.1. The van der Waals surface area contributed by atoms with Gasteiger partial charge in [0.15, 0.2) is 0 Å². The third kappa shape index (κ3) is 4.10. The predicted octanol–water partition coefficient (Wildman–Crippen LogP) is 4.63. The Morgan fingerprint density at radius 3 is 2.53 bits per heavy atom. The van der Waals surface area contributed by atoms with E-state index < -0.39 is 8.80 Å². The molecule has 0 fully saturated rings. The molecule has 0 bridgehead atoms. The molecular weight excluding hydrogens is 299 g/mol. The van der Waals surface area contributed by atoms with Gasteiger partial charge in [-0.2, -0.15) is 0 Å². The molecule has 0 aromatic heterocycles. The van der Waals surface area contributed by atoms with Gasteiger partial charge in [-0.25, -0.2) is 4.39 Å². The topological polar surface area (TPSA) is 9.23 Å². The van der Waals surface area contributed by atoms with E-state index in [4.69, 9.17) is 4.74 Å². The highest BCUT2D eigenvalue weighted by Gasteiger charge is 2.24. The summed E-state index contributed by atoms with van der Waals surface area (Å²) < 4.78 is 18.9. The Hall–Kier alpha value is -0.353. The fourth-order valence-corrected chi connectivity index (χ4v) is 1.99. The van der Waals surface area contributed by atoms with E-state index in [0.29, 0.717) is 11.9 Å². The molecular formula is C13H19BrFOSi. The number of ether oxygens (including phenoxy) is 1. The second-order valence-corrected chi connectivity index (χ2v) is 8.97. The lowest BCUT2D eigenvalue weighted by molar-refractivity contribution is 0.274. The lowest BCUT2D eigenvalue weighted by Gasteiger charge is -2.28. The van der Waals surface area contributed by atoms with Gasteiger partial charge in [-0.05, 0) is 23.2 Å². The number of alkyl halides is 1. The van der Waals surface area contributed by atoms with Gasteiger partial charge >= 0.3 is 0 Å². The average Bonchev–Trinajstić information content (AvgIpc) is 2.27. The van der Waals surface area contributed by atoms with Crippen LogP contribution in [0.2, 0.25) is 18.1 Å². The van der Waals surface area contributed by atoms with E-state index in [-0.39, 0.29) is 10.9 Å². The van der Waals surface area contributed by atoms with Crippen LogP contribution in [-0.4, -0.2) is 15.4 Å². The van der Waals surface area contributed by atoms with Crippen molar-refractivity contribution >= 4 is 24.7 Å². The number of hydrogen-bond acceptors (Lipinski definition) is 1. The van der Waals surface area contributed by atoms with Crippen LogP contribution in [-0.2, 0) is 5.33 Å². The summed E-state index contributed by atoms with van der Waals surface area (Å²) in [7, 11) is -0.418. The van der Waals surface area contributed by atoms with Crippen LogP contribution in [0.25, 0.3) is 0 Å². The first-order valence-electron chi connectivity index (χ1n) is 5.64. The minimum absolute atomic E-state index is 0.211. The highest BCUT2D eigenvalue weighted by atomic mass is 79.9. The van der Waals surface area contributed by atoms with Gasteiger partial charge in [-0.1, -0.05) is 42.9 Å². The minimum atomic E-state index is -0.418. The Balaban J connectivity index is 2.76. The molecule has 1 aromatic carbocycles. The van der Waals surface area contributed by atoms with Gasteiger partial charge in [0, 0.05) is 10.9 Å². The highest BCUT2D eigenvalue weighted by Crippen LogP contribution is 2.31. The van der Waals surface area contributed by atoms with Crippen LogP contribution in [0.1, 0.15) is 19.4 Å². The van der Waals surface area contributed by atoms with Gasteiger partial charge in [0.1, 0.15) is 11.6 Å². The standard InChI is InChI=1S/C13H19BrFOSi/c1-13(2,17(3)4)9-16-12-6-5-11(15)7-10(12)8-14/h5-7H,8-9H2,1-4H3. The van der Waals surface area contributed by atoms with Crippen molar-refractivity contribution in [1.29, 1.82) is 0 Å². The van der Waals surface area contributed by atoms with E-state index in [1.165, 1.54) is 12.1 Å². The third-order valence-corrected chi connectivity index (χ3v) is 6.56. The summed E-state index contributed by atoms with van der Waals surface area (Å²) in [4.78, 5) is 0. The van der Waals surface area contributed by atoms with Crippen molar-refractivity contribution in [3.8, 4) is 5.75 Å². The first kappa shape index (κ1) is 14.7. The molecule has 1 aromatic rings. The van der Waals surface area contributed by atoms with Crippen LogP contribution in [0.4, 0.5) is 4.39 Å². The summed E-state index contributed by atoms with van der Waals surface area (Å²) in [6.45, 7) is 9.69. The Labute approximate surface area is 113 Å². The normalized spacial score (nSPS) is 11.9. The van der Waals surface area contributed by atoms with Crippen molar-refractivity contribution in [2.24, 2.45) is 0 Å². The van der Waals surface area contributed by atoms with Crippen LogP contribution >= 0.6 is 15.9 Å². The largest absolute Gasteiger partial charge is 0.493 e. The van der Waals surface area contributed by atoms with E-state index in [1.54, 1.807) is 6.07 Å². The molecule has 17 heavy (non-hydrogen) atoms. The maximum Gasteiger partial charge on any atom is 0.123 e. The fraction of sp³-hybridized carbons (Fsp3) is 0.538. The molecule has 95 valence electrons. The smallest absolute Gasteiger partial charge is 0.123 e. The van der Waals surface area contributed by atoms with Crippen LogP contribution < -0.4 is 4.74 Å². The Morgan fingerprint density at radius 1 is 1.35 bits per heavy atom.